The average Bonchev–Trinajstić information content (AvgIpc) is 3.64. The fourth-order valence-electron chi connectivity index (χ4n) is 9.47. The molecule has 0 aliphatic carbocycles. The zero-order valence-corrected chi connectivity index (χ0v) is 32.8. The summed E-state index contributed by atoms with van der Waals surface area (Å²) in [6, 6.07) is 84.3. The zero-order chi connectivity index (χ0) is 39.6. The van der Waals surface area contributed by atoms with Gasteiger partial charge in [0.15, 0.2) is 0 Å². The molecule has 0 bridgehead atoms. The van der Waals surface area contributed by atoms with E-state index in [9.17, 15) is 0 Å². The van der Waals surface area contributed by atoms with Gasteiger partial charge >= 0.3 is 0 Å². The second-order valence-corrected chi connectivity index (χ2v) is 15.7. The highest BCUT2D eigenvalue weighted by atomic mass is 15.1. The molecule has 0 spiro atoms. The first kappa shape index (κ1) is 34.1. The van der Waals surface area contributed by atoms with Crippen molar-refractivity contribution in [1.82, 2.24) is 4.57 Å². The van der Waals surface area contributed by atoms with Crippen molar-refractivity contribution >= 4 is 82.0 Å². The summed E-state index contributed by atoms with van der Waals surface area (Å²) < 4.78 is 2.42. The average molecular weight is 763 g/mol. The Morgan fingerprint density at radius 2 is 0.900 bits per heavy atom. The maximum absolute atomic E-state index is 2.42. The first-order valence-electron chi connectivity index (χ1n) is 20.7. The highest BCUT2D eigenvalue weighted by Gasteiger charge is 2.19. The van der Waals surface area contributed by atoms with E-state index in [4.69, 9.17) is 0 Å². The minimum Gasteiger partial charge on any atom is -0.310 e. The summed E-state index contributed by atoms with van der Waals surface area (Å²) in [5, 5.41) is 12.6. The van der Waals surface area contributed by atoms with Gasteiger partial charge in [-0.2, -0.15) is 0 Å². The third-order valence-electron chi connectivity index (χ3n) is 12.3. The normalized spacial score (nSPS) is 11.7. The van der Waals surface area contributed by atoms with Crippen LogP contribution in [0.25, 0.3) is 92.8 Å². The van der Waals surface area contributed by atoms with Gasteiger partial charge < -0.3 is 9.47 Å². The highest BCUT2D eigenvalue weighted by molar-refractivity contribution is 6.18. The number of hydrogen-bond donors (Lipinski definition) is 0. The monoisotopic (exact) mass is 762 g/mol. The number of fused-ring (bicyclic) bond motifs is 9. The predicted molar refractivity (Wildman–Crippen MR) is 256 cm³/mol. The first-order valence-corrected chi connectivity index (χ1v) is 20.7. The van der Waals surface area contributed by atoms with E-state index >= 15 is 0 Å². The Hall–Kier alpha value is -7.94. The standard InChI is InChI=1S/C58H38N2/c1-2-13-40(14-3-1)51-21-8-10-23-56(51)59(48-31-34-50-45(36-48)28-33-52-49-20-7-6-15-41(49)27-32-53(50)52)46-29-25-39(26-30-46)42-18-12-19-47(35-42)60-57-24-11-9-22-54(57)55-37-43-16-4-5-17-44(43)38-58(55)60/h1-38H. The number of benzene rings is 11. The Labute approximate surface area is 348 Å². The fourth-order valence-corrected chi connectivity index (χ4v) is 9.47. The molecule has 0 radical (unpaired) electrons. The van der Waals surface area contributed by atoms with E-state index in [0.29, 0.717) is 0 Å². The van der Waals surface area contributed by atoms with E-state index in [0.717, 1.165) is 22.7 Å². The Kier molecular flexibility index (Phi) is 7.89. The van der Waals surface area contributed by atoms with E-state index < -0.39 is 0 Å². The third-order valence-corrected chi connectivity index (χ3v) is 12.3. The molecule has 60 heavy (non-hydrogen) atoms. The van der Waals surface area contributed by atoms with Crippen molar-refractivity contribution in [3.05, 3.63) is 231 Å². The Balaban J connectivity index is 0.984. The summed E-state index contributed by atoms with van der Waals surface area (Å²) in [4.78, 5) is 2.41. The summed E-state index contributed by atoms with van der Waals surface area (Å²) in [7, 11) is 0. The lowest BCUT2D eigenvalue weighted by Crippen LogP contribution is -2.11. The van der Waals surface area contributed by atoms with E-state index in [2.05, 4.69) is 240 Å². The lowest BCUT2D eigenvalue weighted by Gasteiger charge is -2.28. The summed E-state index contributed by atoms with van der Waals surface area (Å²) in [5.74, 6) is 0. The molecular formula is C58H38N2. The van der Waals surface area contributed by atoms with E-state index in [1.807, 2.05) is 0 Å². The van der Waals surface area contributed by atoms with Crippen molar-refractivity contribution in [2.45, 2.75) is 0 Å². The molecule has 0 unspecified atom stereocenters. The number of aromatic nitrogens is 1. The molecule has 0 aliphatic rings. The van der Waals surface area contributed by atoms with Gasteiger partial charge in [0.2, 0.25) is 0 Å². The van der Waals surface area contributed by atoms with Crippen LogP contribution in [0.1, 0.15) is 0 Å². The zero-order valence-electron chi connectivity index (χ0n) is 32.8. The molecule has 0 atom stereocenters. The Morgan fingerprint density at radius 1 is 0.283 bits per heavy atom. The third kappa shape index (κ3) is 5.57. The van der Waals surface area contributed by atoms with Crippen LogP contribution in [0, 0.1) is 0 Å². The van der Waals surface area contributed by atoms with Crippen LogP contribution in [0.3, 0.4) is 0 Å². The minimum atomic E-state index is 1.10. The van der Waals surface area contributed by atoms with Crippen molar-refractivity contribution in [3.63, 3.8) is 0 Å². The van der Waals surface area contributed by atoms with Gasteiger partial charge in [-0.1, -0.05) is 170 Å². The smallest absolute Gasteiger partial charge is 0.0547 e. The number of rotatable bonds is 6. The largest absolute Gasteiger partial charge is 0.310 e. The van der Waals surface area contributed by atoms with Gasteiger partial charge in [-0.25, -0.2) is 0 Å². The van der Waals surface area contributed by atoms with Crippen LogP contribution in [-0.4, -0.2) is 4.57 Å². The van der Waals surface area contributed by atoms with E-state index in [1.165, 1.54) is 87.1 Å². The molecule has 2 nitrogen and oxygen atoms in total. The maximum Gasteiger partial charge on any atom is 0.0547 e. The quantitative estimate of drug-likeness (QED) is 0.153. The van der Waals surface area contributed by atoms with Gasteiger partial charge in [0.25, 0.3) is 0 Å². The topological polar surface area (TPSA) is 8.17 Å². The second-order valence-electron chi connectivity index (χ2n) is 15.7. The van der Waals surface area contributed by atoms with Gasteiger partial charge in [-0.3, -0.25) is 0 Å². The van der Waals surface area contributed by atoms with Crippen molar-refractivity contribution in [2.24, 2.45) is 0 Å². The number of hydrogen-bond acceptors (Lipinski definition) is 1. The molecular weight excluding hydrogens is 725 g/mol. The molecule has 12 aromatic rings. The van der Waals surface area contributed by atoms with Gasteiger partial charge in [0, 0.05) is 33.4 Å². The lowest BCUT2D eigenvalue weighted by atomic mass is 9.96. The van der Waals surface area contributed by atoms with Crippen molar-refractivity contribution < 1.29 is 0 Å². The molecule has 0 aliphatic heterocycles. The predicted octanol–water partition coefficient (Wildman–Crippen LogP) is 16.2. The molecule has 0 N–H and O–H groups in total. The molecule has 280 valence electrons. The van der Waals surface area contributed by atoms with Crippen molar-refractivity contribution in [1.29, 1.82) is 0 Å². The number of para-hydroxylation sites is 2. The molecule has 11 aromatic carbocycles. The van der Waals surface area contributed by atoms with Crippen LogP contribution in [-0.2, 0) is 0 Å². The molecule has 1 aromatic heterocycles. The van der Waals surface area contributed by atoms with Gasteiger partial charge in [-0.15, -0.1) is 0 Å². The summed E-state index contributed by atoms with van der Waals surface area (Å²) in [6.45, 7) is 0. The molecule has 2 heteroatoms. The van der Waals surface area contributed by atoms with Gasteiger partial charge in [0.1, 0.15) is 0 Å². The van der Waals surface area contributed by atoms with Crippen LogP contribution in [0.2, 0.25) is 0 Å². The molecule has 0 saturated carbocycles. The molecule has 12 rings (SSSR count). The molecule has 0 amide bonds. The molecule has 1 heterocycles. The van der Waals surface area contributed by atoms with E-state index in [1.54, 1.807) is 0 Å². The number of nitrogens with zero attached hydrogens (tertiary/aromatic N) is 2. The second kappa shape index (κ2) is 13.9. The maximum atomic E-state index is 2.42. The number of anilines is 3. The van der Waals surface area contributed by atoms with Gasteiger partial charge in [-0.05, 0) is 120 Å². The van der Waals surface area contributed by atoms with Crippen molar-refractivity contribution in [3.8, 4) is 27.9 Å². The Bertz CT molecular complexity index is 3600. The minimum absolute atomic E-state index is 1.10. The first-order chi connectivity index (χ1) is 29.7. The SMILES string of the molecule is c1ccc(-c2ccccc2N(c2ccc(-c3cccc(-n4c5ccccc5c5cc6ccccc6cc54)c3)cc2)c2ccc3c(ccc4c5ccccc5ccc34)c2)cc1. The highest BCUT2D eigenvalue weighted by Crippen LogP contribution is 2.43. The van der Waals surface area contributed by atoms with Crippen molar-refractivity contribution in [2.75, 3.05) is 4.90 Å². The molecule has 0 saturated heterocycles. The van der Waals surface area contributed by atoms with Gasteiger partial charge in [0.05, 0.1) is 16.7 Å². The lowest BCUT2D eigenvalue weighted by molar-refractivity contribution is 1.18. The summed E-state index contributed by atoms with van der Waals surface area (Å²) >= 11 is 0. The van der Waals surface area contributed by atoms with Crippen LogP contribution >= 0.6 is 0 Å². The van der Waals surface area contributed by atoms with E-state index in [-0.39, 0.29) is 0 Å². The summed E-state index contributed by atoms with van der Waals surface area (Å²) in [5.41, 5.74) is 11.6. The fraction of sp³-hybridized carbons (Fsp3) is 0. The Morgan fingerprint density at radius 3 is 1.73 bits per heavy atom. The van der Waals surface area contributed by atoms with Crippen LogP contribution in [0.4, 0.5) is 17.1 Å². The molecule has 0 fully saturated rings. The van der Waals surface area contributed by atoms with Crippen LogP contribution < -0.4 is 4.90 Å². The van der Waals surface area contributed by atoms with Crippen LogP contribution in [0.15, 0.2) is 231 Å². The summed E-state index contributed by atoms with van der Waals surface area (Å²) in [6.07, 6.45) is 0. The van der Waals surface area contributed by atoms with Crippen LogP contribution in [0.5, 0.6) is 0 Å².